The number of benzene rings is 2. The Kier molecular flexibility index (Phi) is 5.47. The Morgan fingerprint density at radius 1 is 0.926 bits per heavy atom. The molecule has 0 aliphatic heterocycles. The maximum absolute atomic E-state index is 12.1. The maximum atomic E-state index is 12.1. The molecular weight excluding hydrogens is 346 g/mol. The number of Topliss-reactive ketones (excluding diaryl/α,β-unsaturated/α-hetero) is 1. The zero-order valence-electron chi connectivity index (χ0n) is 14.6. The Morgan fingerprint density at radius 3 is 2.22 bits per heavy atom. The van der Waals surface area contributed by atoms with Crippen LogP contribution >= 0.6 is 0 Å². The second kappa shape index (κ2) is 8.14. The van der Waals surface area contributed by atoms with Crippen LogP contribution in [0.25, 0.3) is 0 Å². The van der Waals surface area contributed by atoms with Crippen LogP contribution in [0.1, 0.15) is 36.8 Å². The number of ketones is 1. The lowest BCUT2D eigenvalue weighted by Crippen LogP contribution is -2.14. The molecule has 1 heterocycles. The van der Waals surface area contributed by atoms with Gasteiger partial charge in [0.15, 0.2) is 18.2 Å². The van der Waals surface area contributed by atoms with Gasteiger partial charge in [0.1, 0.15) is 0 Å². The first-order valence-electron chi connectivity index (χ1n) is 8.25. The zero-order chi connectivity index (χ0) is 19.2. The lowest BCUT2D eigenvalue weighted by molar-refractivity contribution is 0.0475. The predicted octanol–water partition coefficient (Wildman–Crippen LogP) is 3.88. The van der Waals surface area contributed by atoms with Crippen LogP contribution < -0.4 is 5.32 Å². The van der Waals surface area contributed by atoms with Gasteiger partial charge in [0.25, 0.3) is 5.91 Å². The smallest absolute Gasteiger partial charge is 0.338 e. The largest absolute Gasteiger partial charge is 0.459 e. The van der Waals surface area contributed by atoms with Crippen LogP contribution in [0.15, 0.2) is 71.3 Å². The zero-order valence-corrected chi connectivity index (χ0v) is 14.6. The minimum atomic E-state index is -0.612. The van der Waals surface area contributed by atoms with Crippen molar-refractivity contribution in [2.24, 2.45) is 0 Å². The number of amides is 1. The predicted molar refractivity (Wildman–Crippen MR) is 98.9 cm³/mol. The molecule has 2 aromatic carbocycles. The van der Waals surface area contributed by atoms with Gasteiger partial charge in [-0.2, -0.15) is 0 Å². The summed E-state index contributed by atoms with van der Waals surface area (Å²) in [4.78, 5) is 36.0. The normalized spacial score (nSPS) is 10.3. The molecule has 0 saturated heterocycles. The third kappa shape index (κ3) is 4.70. The maximum Gasteiger partial charge on any atom is 0.338 e. The van der Waals surface area contributed by atoms with E-state index >= 15 is 0 Å². The summed E-state index contributed by atoms with van der Waals surface area (Å²) in [7, 11) is 0. The van der Waals surface area contributed by atoms with Crippen molar-refractivity contribution in [2.75, 3.05) is 11.9 Å². The number of nitrogens with one attached hydrogen (secondary N) is 1. The van der Waals surface area contributed by atoms with Gasteiger partial charge in [0.05, 0.1) is 11.8 Å². The summed E-state index contributed by atoms with van der Waals surface area (Å²) >= 11 is 0. The van der Waals surface area contributed by atoms with E-state index in [9.17, 15) is 14.4 Å². The summed E-state index contributed by atoms with van der Waals surface area (Å²) in [6, 6.07) is 16.4. The number of hydrogen-bond acceptors (Lipinski definition) is 5. The first-order chi connectivity index (χ1) is 13.0. The second-order valence-electron chi connectivity index (χ2n) is 5.87. The average Bonchev–Trinajstić information content (AvgIpc) is 3.22. The molecule has 0 unspecified atom stereocenters. The van der Waals surface area contributed by atoms with Crippen molar-refractivity contribution in [2.45, 2.75) is 6.92 Å². The molecule has 0 spiro atoms. The van der Waals surface area contributed by atoms with Gasteiger partial charge in [-0.3, -0.25) is 9.59 Å². The molecule has 3 rings (SSSR count). The Bertz CT molecular complexity index is 941. The molecular formula is C21H17NO5. The first-order valence-corrected chi connectivity index (χ1v) is 8.25. The highest BCUT2D eigenvalue weighted by Crippen LogP contribution is 2.13. The average molecular weight is 363 g/mol. The third-order valence-electron chi connectivity index (χ3n) is 3.83. The van der Waals surface area contributed by atoms with Crippen molar-refractivity contribution >= 4 is 23.3 Å². The van der Waals surface area contributed by atoms with Gasteiger partial charge in [0.2, 0.25) is 0 Å². The molecule has 1 aromatic heterocycles. The van der Waals surface area contributed by atoms with Crippen molar-refractivity contribution in [3.8, 4) is 0 Å². The van der Waals surface area contributed by atoms with E-state index < -0.39 is 5.97 Å². The van der Waals surface area contributed by atoms with E-state index in [1.807, 2.05) is 19.1 Å². The van der Waals surface area contributed by atoms with Crippen molar-refractivity contribution in [3.05, 3.63) is 89.4 Å². The van der Waals surface area contributed by atoms with E-state index in [-0.39, 0.29) is 29.6 Å². The van der Waals surface area contributed by atoms with E-state index in [1.54, 1.807) is 36.4 Å². The quantitative estimate of drug-likeness (QED) is 0.531. The highest BCUT2D eigenvalue weighted by Gasteiger charge is 2.13. The summed E-state index contributed by atoms with van der Waals surface area (Å²) in [5, 5.41) is 2.65. The highest BCUT2D eigenvalue weighted by molar-refractivity contribution is 6.02. The van der Waals surface area contributed by atoms with Crippen LogP contribution in [-0.2, 0) is 4.74 Å². The third-order valence-corrected chi connectivity index (χ3v) is 3.83. The molecule has 136 valence electrons. The van der Waals surface area contributed by atoms with Crippen LogP contribution in [0.2, 0.25) is 0 Å². The fourth-order valence-electron chi connectivity index (χ4n) is 2.33. The fraction of sp³-hybridized carbons (Fsp3) is 0.0952. The monoisotopic (exact) mass is 363 g/mol. The number of ether oxygens (including phenoxy) is 1. The minimum absolute atomic E-state index is 0.188. The summed E-state index contributed by atoms with van der Waals surface area (Å²) in [5.74, 6) is -1.09. The van der Waals surface area contributed by atoms with E-state index in [1.165, 1.54) is 18.4 Å². The Labute approximate surface area is 155 Å². The molecule has 6 heteroatoms. The van der Waals surface area contributed by atoms with Gasteiger partial charge in [-0.15, -0.1) is 0 Å². The minimum Gasteiger partial charge on any atom is -0.459 e. The van der Waals surface area contributed by atoms with Gasteiger partial charge in [-0.25, -0.2) is 4.79 Å². The Balaban J connectivity index is 1.55. The highest BCUT2D eigenvalue weighted by atomic mass is 16.5. The molecule has 27 heavy (non-hydrogen) atoms. The molecule has 1 N–H and O–H groups in total. The Hall–Kier alpha value is -3.67. The molecule has 0 fully saturated rings. The number of carbonyl (C=O) groups is 3. The lowest BCUT2D eigenvalue weighted by Gasteiger charge is -2.06. The van der Waals surface area contributed by atoms with Gasteiger partial charge in [-0.1, -0.05) is 29.8 Å². The number of anilines is 1. The van der Waals surface area contributed by atoms with Gasteiger partial charge in [0, 0.05) is 11.3 Å². The van der Waals surface area contributed by atoms with Gasteiger partial charge < -0.3 is 14.5 Å². The SMILES string of the molecule is Cc1ccc(C(=O)COC(=O)c2ccc(NC(=O)c3ccco3)cc2)cc1. The van der Waals surface area contributed by atoms with Crippen LogP contribution in [0.5, 0.6) is 0 Å². The summed E-state index contributed by atoms with van der Waals surface area (Å²) in [6.07, 6.45) is 1.41. The number of aryl methyl sites for hydroxylation is 1. The van der Waals surface area contributed by atoms with Crippen LogP contribution in [0.4, 0.5) is 5.69 Å². The number of carbonyl (C=O) groups excluding carboxylic acids is 3. The molecule has 0 saturated carbocycles. The summed E-state index contributed by atoms with van der Waals surface area (Å²) in [5.41, 5.74) is 2.32. The molecule has 0 aliphatic carbocycles. The van der Waals surface area contributed by atoms with E-state index in [0.717, 1.165) is 5.56 Å². The summed E-state index contributed by atoms with van der Waals surface area (Å²) in [6.45, 7) is 1.59. The van der Waals surface area contributed by atoms with Gasteiger partial charge >= 0.3 is 5.97 Å². The molecule has 0 atom stereocenters. The van der Waals surface area contributed by atoms with Crippen LogP contribution in [-0.4, -0.2) is 24.3 Å². The lowest BCUT2D eigenvalue weighted by atomic mass is 10.1. The first kappa shape index (κ1) is 18.1. The number of esters is 1. The fourth-order valence-corrected chi connectivity index (χ4v) is 2.33. The van der Waals surface area contributed by atoms with Crippen molar-refractivity contribution in [1.82, 2.24) is 0 Å². The molecule has 1 amide bonds. The number of furan rings is 1. The molecule has 0 radical (unpaired) electrons. The van der Waals surface area contributed by atoms with Crippen molar-refractivity contribution < 1.29 is 23.5 Å². The molecule has 0 bridgehead atoms. The van der Waals surface area contributed by atoms with E-state index in [0.29, 0.717) is 11.3 Å². The van der Waals surface area contributed by atoms with Crippen LogP contribution in [0.3, 0.4) is 0 Å². The Morgan fingerprint density at radius 2 is 1.59 bits per heavy atom. The van der Waals surface area contributed by atoms with Crippen molar-refractivity contribution in [3.63, 3.8) is 0 Å². The van der Waals surface area contributed by atoms with E-state index in [2.05, 4.69) is 5.32 Å². The number of rotatable bonds is 6. The van der Waals surface area contributed by atoms with Gasteiger partial charge in [-0.05, 0) is 43.3 Å². The van der Waals surface area contributed by atoms with Crippen molar-refractivity contribution in [1.29, 1.82) is 0 Å². The number of hydrogen-bond donors (Lipinski definition) is 1. The topological polar surface area (TPSA) is 85.6 Å². The van der Waals surface area contributed by atoms with E-state index in [4.69, 9.17) is 9.15 Å². The molecule has 3 aromatic rings. The van der Waals surface area contributed by atoms with Crippen LogP contribution in [0, 0.1) is 6.92 Å². The summed E-state index contributed by atoms with van der Waals surface area (Å²) < 4.78 is 10.1. The second-order valence-corrected chi connectivity index (χ2v) is 5.87. The molecule has 6 nitrogen and oxygen atoms in total. The molecule has 0 aliphatic rings. The standard InChI is InChI=1S/C21H17NO5/c1-14-4-6-15(7-5-14)18(23)13-27-21(25)16-8-10-17(11-9-16)22-20(24)19-3-2-12-26-19/h2-12H,13H2,1H3,(H,22,24).